The van der Waals surface area contributed by atoms with Crippen molar-refractivity contribution in [2.45, 2.75) is 96.5 Å². The number of nitrogens with zero attached hydrogens (tertiary/aromatic N) is 2. The van der Waals surface area contributed by atoms with Crippen LogP contribution in [-0.2, 0) is 38.8 Å². The molecule has 0 radical (unpaired) electrons. The number of carbonyl (C=O) groups is 1. The number of pyridine rings is 1. The first kappa shape index (κ1) is 26.5. The smallest absolute Gasteiger partial charge is 0.305 e. The minimum atomic E-state index is -3.82. The van der Waals surface area contributed by atoms with Crippen molar-refractivity contribution < 1.29 is 22.7 Å². The quantitative estimate of drug-likeness (QED) is 0.376. The Hall–Kier alpha value is -2.61. The third-order valence-electron chi connectivity index (χ3n) is 7.56. The lowest BCUT2D eigenvalue weighted by atomic mass is 9.88. The largest absolute Gasteiger partial charge is 0.487 e. The maximum absolute atomic E-state index is 14.2. The van der Waals surface area contributed by atoms with Gasteiger partial charge in [0.15, 0.2) is 0 Å². The number of ether oxygens (including phenoxy) is 2. The molecule has 0 amide bonds. The van der Waals surface area contributed by atoms with Crippen molar-refractivity contribution in [1.29, 1.82) is 0 Å². The molecule has 1 aromatic heterocycles. The van der Waals surface area contributed by atoms with Crippen molar-refractivity contribution in [3.05, 3.63) is 45.6 Å². The van der Waals surface area contributed by atoms with Crippen molar-refractivity contribution in [3.8, 4) is 5.75 Å². The highest BCUT2D eigenvalue weighted by Gasteiger charge is 2.37. The van der Waals surface area contributed by atoms with Crippen LogP contribution in [0.1, 0.15) is 79.5 Å². The topological polar surface area (TPSA) is 85.8 Å². The van der Waals surface area contributed by atoms with Crippen molar-refractivity contribution in [2.75, 3.05) is 18.0 Å². The summed E-state index contributed by atoms with van der Waals surface area (Å²) in [5.74, 6) is 1.16. The van der Waals surface area contributed by atoms with Crippen LogP contribution in [-0.4, -0.2) is 38.6 Å². The lowest BCUT2D eigenvalue weighted by Crippen LogP contribution is -2.38. The summed E-state index contributed by atoms with van der Waals surface area (Å²) in [5, 5.41) is 0. The summed E-state index contributed by atoms with van der Waals surface area (Å²) >= 11 is 0. The highest BCUT2D eigenvalue weighted by molar-refractivity contribution is 7.93. The summed E-state index contributed by atoms with van der Waals surface area (Å²) in [5.41, 5.74) is 4.96. The molecule has 0 fully saturated rings. The number of carbonyl (C=O) groups excluding carboxylic acids is 1. The first-order valence-electron chi connectivity index (χ1n) is 12.9. The third-order valence-corrected chi connectivity index (χ3v) is 9.63. The Morgan fingerprint density at radius 1 is 1.11 bits per heavy atom. The molecule has 2 aliphatic rings. The number of anilines is 1. The number of sulfonamides is 1. The summed E-state index contributed by atoms with van der Waals surface area (Å²) in [6.45, 7) is 10.3. The Morgan fingerprint density at radius 2 is 1.86 bits per heavy atom. The minimum absolute atomic E-state index is 0.217. The predicted molar refractivity (Wildman–Crippen MR) is 140 cm³/mol. The van der Waals surface area contributed by atoms with Gasteiger partial charge in [0.05, 0.1) is 12.0 Å². The molecule has 0 aliphatic carbocycles. The van der Waals surface area contributed by atoms with E-state index in [1.165, 1.54) is 11.4 Å². The Morgan fingerprint density at radius 3 is 2.58 bits per heavy atom. The molecule has 0 atom stereocenters. The molecule has 8 heteroatoms. The molecular weight excluding hydrogens is 476 g/mol. The first-order valence-corrected chi connectivity index (χ1v) is 14.3. The fourth-order valence-electron chi connectivity index (χ4n) is 5.34. The monoisotopic (exact) mass is 514 g/mol. The fourth-order valence-corrected chi connectivity index (χ4v) is 7.37. The van der Waals surface area contributed by atoms with E-state index in [2.05, 4.69) is 13.8 Å². The minimum Gasteiger partial charge on any atom is -0.487 e. The van der Waals surface area contributed by atoms with E-state index in [-0.39, 0.29) is 11.6 Å². The lowest BCUT2D eigenvalue weighted by Gasteiger charge is -2.36. The molecule has 4 rings (SSSR count). The molecule has 0 N–H and O–H groups in total. The molecule has 0 saturated carbocycles. The molecule has 0 bridgehead atoms. The number of aromatic nitrogens is 1. The van der Waals surface area contributed by atoms with Gasteiger partial charge in [-0.05, 0) is 113 Å². The number of hydrogen-bond acceptors (Lipinski definition) is 6. The van der Waals surface area contributed by atoms with Crippen molar-refractivity contribution in [3.63, 3.8) is 0 Å². The van der Waals surface area contributed by atoms with E-state index in [4.69, 9.17) is 14.5 Å². The van der Waals surface area contributed by atoms with Crippen LogP contribution in [0.4, 0.5) is 5.82 Å². The zero-order valence-corrected chi connectivity index (χ0v) is 23.2. The Balaban J connectivity index is 1.69. The fraction of sp³-hybridized carbons (Fsp3) is 0.571. The van der Waals surface area contributed by atoms with Crippen molar-refractivity contribution in [1.82, 2.24) is 4.98 Å². The molecule has 0 saturated heterocycles. The summed E-state index contributed by atoms with van der Waals surface area (Å²) in [7, 11) is -2.43. The highest BCUT2D eigenvalue weighted by Crippen LogP contribution is 2.43. The number of fused-ring (bicyclic) bond motifs is 2. The van der Waals surface area contributed by atoms with Crippen LogP contribution in [0.15, 0.2) is 17.0 Å². The van der Waals surface area contributed by atoms with E-state index in [1.807, 2.05) is 32.9 Å². The predicted octanol–water partition coefficient (Wildman–Crippen LogP) is 5.14. The Bertz CT molecular complexity index is 1280. The summed E-state index contributed by atoms with van der Waals surface area (Å²) < 4.78 is 41.0. The zero-order valence-electron chi connectivity index (χ0n) is 22.4. The van der Waals surface area contributed by atoms with Crippen molar-refractivity contribution in [2.24, 2.45) is 0 Å². The van der Waals surface area contributed by atoms with Crippen LogP contribution in [0.25, 0.3) is 0 Å². The normalized spacial score (nSPS) is 16.7. The van der Waals surface area contributed by atoms with Crippen LogP contribution in [0.2, 0.25) is 0 Å². The van der Waals surface area contributed by atoms with Gasteiger partial charge in [0, 0.05) is 18.7 Å². The van der Waals surface area contributed by atoms with E-state index >= 15 is 0 Å². The molecule has 0 unspecified atom stereocenters. The molecule has 0 spiro atoms. The number of methoxy groups -OCH3 is 1. The van der Waals surface area contributed by atoms with Gasteiger partial charge in [-0.1, -0.05) is 6.07 Å². The van der Waals surface area contributed by atoms with Gasteiger partial charge in [-0.15, -0.1) is 0 Å². The SMILES string of the molecule is COC(=O)CCCCc1ccc2c(n1)N(S(=O)(=O)c1c(C)c(C)c3c(c1C)CCC(C)(C)O3)CCC2. The van der Waals surface area contributed by atoms with Gasteiger partial charge in [-0.3, -0.25) is 4.79 Å². The van der Waals surface area contributed by atoms with E-state index in [9.17, 15) is 13.2 Å². The number of hydrogen-bond donors (Lipinski definition) is 0. The van der Waals surface area contributed by atoms with Gasteiger partial charge in [0.25, 0.3) is 10.0 Å². The standard InChI is InChI=1S/C28H38N2O5S/c1-18-19(2)26(20(3)23-15-16-28(4,5)35-25(18)23)36(32,33)30-17-9-10-21-13-14-22(29-27(21)30)11-7-8-12-24(31)34-6/h13-14H,7-12,15-17H2,1-6H3. The highest BCUT2D eigenvalue weighted by atomic mass is 32.2. The maximum Gasteiger partial charge on any atom is 0.305 e. The molecular formula is C28H38N2O5S. The zero-order chi connectivity index (χ0) is 26.3. The number of unbranched alkanes of at least 4 members (excludes halogenated alkanes) is 1. The van der Waals surface area contributed by atoms with Gasteiger partial charge in [-0.25, -0.2) is 17.7 Å². The van der Waals surface area contributed by atoms with Crippen LogP contribution < -0.4 is 9.04 Å². The third kappa shape index (κ3) is 4.97. The Kier molecular flexibility index (Phi) is 7.37. The van der Waals surface area contributed by atoms with Gasteiger partial charge < -0.3 is 9.47 Å². The Labute approximate surface area is 215 Å². The second-order valence-electron chi connectivity index (χ2n) is 10.6. The maximum atomic E-state index is 14.2. The number of esters is 1. The van der Waals surface area contributed by atoms with Gasteiger partial charge in [-0.2, -0.15) is 0 Å². The van der Waals surface area contributed by atoms with E-state index in [0.717, 1.165) is 71.4 Å². The van der Waals surface area contributed by atoms with Crippen molar-refractivity contribution >= 4 is 21.8 Å². The molecule has 1 aromatic carbocycles. The van der Waals surface area contributed by atoms with Gasteiger partial charge in [0.2, 0.25) is 0 Å². The summed E-state index contributed by atoms with van der Waals surface area (Å²) in [6, 6.07) is 3.99. The molecule has 2 aromatic rings. The molecule has 196 valence electrons. The van der Waals surface area contributed by atoms with Crippen LogP contribution in [0.5, 0.6) is 5.75 Å². The average Bonchev–Trinajstić information content (AvgIpc) is 2.83. The van der Waals surface area contributed by atoms with E-state index in [1.54, 1.807) is 0 Å². The van der Waals surface area contributed by atoms with Gasteiger partial charge in [0.1, 0.15) is 17.2 Å². The average molecular weight is 515 g/mol. The summed E-state index contributed by atoms with van der Waals surface area (Å²) in [6.07, 6.45) is 5.75. The van der Waals surface area contributed by atoms with Gasteiger partial charge >= 0.3 is 5.97 Å². The lowest BCUT2D eigenvalue weighted by molar-refractivity contribution is -0.140. The van der Waals surface area contributed by atoms with Crippen LogP contribution >= 0.6 is 0 Å². The summed E-state index contributed by atoms with van der Waals surface area (Å²) in [4.78, 5) is 16.6. The first-order chi connectivity index (χ1) is 17.0. The second kappa shape index (κ2) is 10.0. The molecule has 3 heterocycles. The second-order valence-corrected chi connectivity index (χ2v) is 12.4. The van der Waals surface area contributed by atoms with E-state index in [0.29, 0.717) is 36.5 Å². The molecule has 2 aliphatic heterocycles. The number of benzene rings is 1. The van der Waals surface area contributed by atoms with Crippen LogP contribution in [0.3, 0.4) is 0 Å². The van der Waals surface area contributed by atoms with E-state index < -0.39 is 10.0 Å². The number of rotatable bonds is 7. The van der Waals surface area contributed by atoms with Crippen LogP contribution in [0, 0.1) is 20.8 Å². The molecule has 36 heavy (non-hydrogen) atoms. The molecule has 7 nitrogen and oxygen atoms in total. The number of aryl methyl sites for hydroxylation is 2.